The first-order chi connectivity index (χ1) is 14.1. The summed E-state index contributed by atoms with van der Waals surface area (Å²) in [6.45, 7) is 1.48. The van der Waals surface area contributed by atoms with Crippen LogP contribution in [0.25, 0.3) is 0 Å². The molecule has 29 heavy (non-hydrogen) atoms. The van der Waals surface area contributed by atoms with E-state index in [2.05, 4.69) is 21.1 Å². The highest BCUT2D eigenvalue weighted by Gasteiger charge is 2.13. The fourth-order valence-electron chi connectivity index (χ4n) is 2.46. The van der Waals surface area contributed by atoms with Gasteiger partial charge < -0.3 is 0 Å². The molecule has 3 aromatic carbocycles. The Kier molecular flexibility index (Phi) is 6.62. The Morgan fingerprint density at radius 1 is 0.724 bits per heavy atom. The first-order valence-electron chi connectivity index (χ1n) is 9.02. The zero-order valence-corrected chi connectivity index (χ0v) is 15.9. The number of Topliss-reactive ketones (excluding diaryl/α,β-unsaturated/α-hetero) is 2. The molecule has 0 heterocycles. The molecule has 0 saturated carbocycles. The van der Waals surface area contributed by atoms with Crippen molar-refractivity contribution in [1.29, 1.82) is 0 Å². The van der Waals surface area contributed by atoms with E-state index in [4.69, 9.17) is 0 Å². The summed E-state index contributed by atoms with van der Waals surface area (Å²) in [5, 5.41) is 8.35. The summed E-state index contributed by atoms with van der Waals surface area (Å²) < 4.78 is 0. The summed E-state index contributed by atoms with van der Waals surface area (Å²) in [7, 11) is 0. The van der Waals surface area contributed by atoms with E-state index in [1.165, 1.54) is 13.1 Å². The summed E-state index contributed by atoms with van der Waals surface area (Å²) in [5.74, 6) is -0.376. The van der Waals surface area contributed by atoms with Crippen molar-refractivity contribution in [2.45, 2.75) is 6.92 Å². The van der Waals surface area contributed by atoms with Gasteiger partial charge in [-0.25, -0.2) is 0 Å². The topological polar surface area (TPSA) is 82.9 Å². The minimum atomic E-state index is -0.317. The smallest absolute Gasteiger partial charge is 0.214 e. The maximum atomic E-state index is 12.9. The molecule has 0 aliphatic rings. The molecule has 0 unspecified atom stereocenters. The Morgan fingerprint density at radius 3 is 1.79 bits per heavy atom. The van der Waals surface area contributed by atoms with Crippen molar-refractivity contribution < 1.29 is 9.59 Å². The van der Waals surface area contributed by atoms with E-state index in [1.54, 1.807) is 24.3 Å². The quantitative estimate of drug-likeness (QED) is 0.337. The van der Waals surface area contributed by atoms with Gasteiger partial charge in [-0.15, -0.1) is 0 Å². The molecule has 0 atom stereocenters. The van der Waals surface area contributed by atoms with Crippen molar-refractivity contribution in [3.63, 3.8) is 0 Å². The van der Waals surface area contributed by atoms with Crippen LogP contribution in [0, 0.1) is 0 Å². The van der Waals surface area contributed by atoms with Crippen LogP contribution in [0.1, 0.15) is 27.6 Å². The number of nitrogens with zero attached hydrogens (tertiary/aromatic N) is 2. The van der Waals surface area contributed by atoms with Gasteiger partial charge in [0, 0.05) is 11.1 Å². The van der Waals surface area contributed by atoms with Crippen LogP contribution in [0.2, 0.25) is 0 Å². The third-order valence-electron chi connectivity index (χ3n) is 4.02. The number of hydrogen-bond donors (Lipinski definition) is 2. The zero-order chi connectivity index (χ0) is 20.5. The Labute approximate surface area is 169 Å². The standard InChI is InChI=1S/C23H20N4O2/c1-17(28)18-12-14-19(15-13-18)23(29)22(27-26-21-10-6-3-7-11-21)16-24-25-20-8-4-2-5-9-20/h2-16,25-26H,1H3/b24-16+,27-22+. The summed E-state index contributed by atoms with van der Waals surface area (Å²) in [5.41, 5.74) is 8.34. The van der Waals surface area contributed by atoms with Crippen LogP contribution in [0.15, 0.2) is 95.1 Å². The number of hydrazone groups is 2. The summed E-state index contributed by atoms with van der Waals surface area (Å²) in [6, 6.07) is 25.1. The SMILES string of the molecule is CC(=O)c1ccc(C(=O)C(/C=N/Nc2ccccc2)=N/Nc2ccccc2)cc1. The molecule has 0 bridgehead atoms. The van der Waals surface area contributed by atoms with Gasteiger partial charge in [-0.1, -0.05) is 60.7 Å². The number of carbonyl (C=O) groups excluding carboxylic acids is 2. The van der Waals surface area contributed by atoms with Gasteiger partial charge in [0.05, 0.1) is 17.6 Å². The Hall–Kier alpha value is -4.06. The number of benzene rings is 3. The lowest BCUT2D eigenvalue weighted by molar-refractivity contribution is 0.101. The van der Waals surface area contributed by atoms with Gasteiger partial charge in [0.25, 0.3) is 0 Å². The van der Waals surface area contributed by atoms with E-state index in [-0.39, 0.29) is 17.3 Å². The van der Waals surface area contributed by atoms with Crippen LogP contribution in [-0.4, -0.2) is 23.5 Å². The Morgan fingerprint density at radius 2 is 1.24 bits per heavy atom. The minimum absolute atomic E-state index is 0.0581. The molecule has 6 heteroatoms. The molecular formula is C23H20N4O2. The first kappa shape index (κ1) is 19.7. The van der Waals surface area contributed by atoms with E-state index in [0.717, 1.165) is 11.4 Å². The predicted molar refractivity (Wildman–Crippen MR) is 117 cm³/mol. The molecule has 0 aliphatic carbocycles. The number of para-hydroxylation sites is 2. The van der Waals surface area contributed by atoms with Crippen LogP contribution in [0.4, 0.5) is 11.4 Å². The Balaban J connectivity index is 1.82. The average molecular weight is 384 g/mol. The fourth-order valence-corrected chi connectivity index (χ4v) is 2.46. The largest absolute Gasteiger partial charge is 0.295 e. The lowest BCUT2D eigenvalue weighted by Crippen LogP contribution is -2.18. The molecule has 3 rings (SSSR count). The molecule has 0 radical (unpaired) electrons. The Bertz CT molecular complexity index is 1030. The van der Waals surface area contributed by atoms with Crippen molar-refractivity contribution >= 4 is 34.9 Å². The third-order valence-corrected chi connectivity index (χ3v) is 4.02. The van der Waals surface area contributed by atoms with Crippen molar-refractivity contribution in [2.24, 2.45) is 10.2 Å². The molecular weight excluding hydrogens is 364 g/mol. The van der Waals surface area contributed by atoms with Crippen molar-refractivity contribution in [1.82, 2.24) is 0 Å². The molecule has 3 aromatic rings. The van der Waals surface area contributed by atoms with E-state index >= 15 is 0 Å². The van der Waals surface area contributed by atoms with Crippen LogP contribution in [0.3, 0.4) is 0 Å². The van der Waals surface area contributed by atoms with E-state index in [9.17, 15) is 9.59 Å². The molecule has 0 fully saturated rings. The van der Waals surface area contributed by atoms with Gasteiger partial charge in [0.15, 0.2) is 11.5 Å². The maximum absolute atomic E-state index is 12.9. The van der Waals surface area contributed by atoms with Gasteiger partial charge in [-0.3, -0.25) is 20.4 Å². The lowest BCUT2D eigenvalue weighted by atomic mass is 10.0. The fraction of sp³-hybridized carbons (Fsp3) is 0.0435. The van der Waals surface area contributed by atoms with E-state index in [1.807, 2.05) is 60.7 Å². The number of rotatable bonds is 8. The monoisotopic (exact) mass is 384 g/mol. The third kappa shape index (κ3) is 5.71. The van der Waals surface area contributed by atoms with Crippen molar-refractivity contribution in [3.8, 4) is 0 Å². The summed E-state index contributed by atoms with van der Waals surface area (Å²) in [6.07, 6.45) is 1.37. The van der Waals surface area contributed by atoms with Gasteiger partial charge in [0.2, 0.25) is 5.78 Å². The number of nitrogens with one attached hydrogen (secondary N) is 2. The molecule has 0 saturated heterocycles. The molecule has 0 amide bonds. The predicted octanol–water partition coefficient (Wildman–Crippen LogP) is 4.64. The van der Waals surface area contributed by atoms with Gasteiger partial charge in [0.1, 0.15) is 0 Å². The molecule has 0 aliphatic heterocycles. The van der Waals surface area contributed by atoms with Crippen molar-refractivity contribution in [2.75, 3.05) is 10.9 Å². The second-order valence-electron chi connectivity index (χ2n) is 6.17. The second kappa shape index (κ2) is 9.75. The molecule has 2 N–H and O–H groups in total. The van der Waals surface area contributed by atoms with Gasteiger partial charge >= 0.3 is 0 Å². The molecule has 0 aromatic heterocycles. The molecule has 144 valence electrons. The van der Waals surface area contributed by atoms with Crippen LogP contribution in [0.5, 0.6) is 0 Å². The van der Waals surface area contributed by atoms with Gasteiger partial charge in [-0.05, 0) is 31.2 Å². The van der Waals surface area contributed by atoms with E-state index < -0.39 is 0 Å². The molecule has 6 nitrogen and oxygen atoms in total. The van der Waals surface area contributed by atoms with Crippen LogP contribution >= 0.6 is 0 Å². The normalized spacial score (nSPS) is 11.3. The van der Waals surface area contributed by atoms with Gasteiger partial charge in [-0.2, -0.15) is 10.2 Å². The van der Waals surface area contributed by atoms with Crippen molar-refractivity contribution in [3.05, 3.63) is 96.1 Å². The number of carbonyl (C=O) groups is 2. The number of hydrogen-bond acceptors (Lipinski definition) is 6. The molecule has 0 spiro atoms. The lowest BCUT2D eigenvalue weighted by Gasteiger charge is -2.05. The highest BCUT2D eigenvalue weighted by molar-refractivity contribution is 6.64. The summed E-state index contributed by atoms with van der Waals surface area (Å²) >= 11 is 0. The number of anilines is 2. The first-order valence-corrected chi connectivity index (χ1v) is 9.02. The second-order valence-corrected chi connectivity index (χ2v) is 6.17. The average Bonchev–Trinajstić information content (AvgIpc) is 2.77. The zero-order valence-electron chi connectivity index (χ0n) is 15.9. The maximum Gasteiger partial charge on any atom is 0.214 e. The minimum Gasteiger partial charge on any atom is -0.295 e. The van der Waals surface area contributed by atoms with Crippen LogP contribution < -0.4 is 10.9 Å². The van der Waals surface area contributed by atoms with E-state index in [0.29, 0.717) is 11.1 Å². The van der Waals surface area contributed by atoms with Crippen LogP contribution in [-0.2, 0) is 0 Å². The highest BCUT2D eigenvalue weighted by Crippen LogP contribution is 2.09. The highest BCUT2D eigenvalue weighted by atomic mass is 16.1. The number of ketones is 2. The summed E-state index contributed by atoms with van der Waals surface area (Å²) in [4.78, 5) is 24.4.